The van der Waals surface area contributed by atoms with Crippen LogP contribution in [0.3, 0.4) is 0 Å². The molecule has 0 saturated heterocycles. The standard InChI is InChI=1S/C32H32ClF3N8O/c1-30(2,3)17-39-27-18(14-37)15-38-28-22(27)12-19(13-23(28)33)40-29(21-6-5-7-25-20(21)8-9-26(45)43(25)4)24-16-44(42-41-24)31(10-11-31)32(34,35)36/h5-9,12-13,15-16,29,40-42H,10-11,17H2,1-4H3,(H,38,39)/t29-/m0/s1. The van der Waals surface area contributed by atoms with Crippen LogP contribution in [0.25, 0.3) is 21.8 Å². The van der Waals surface area contributed by atoms with Crippen molar-refractivity contribution in [1.29, 1.82) is 5.26 Å². The monoisotopic (exact) mass is 636 g/mol. The molecular formula is C32H32ClF3N8O. The van der Waals surface area contributed by atoms with Crippen LogP contribution in [0.1, 0.15) is 50.8 Å². The number of alkyl halides is 3. The molecule has 9 nitrogen and oxygen atoms in total. The summed E-state index contributed by atoms with van der Waals surface area (Å²) in [6.45, 7) is 6.80. The number of halogens is 4. The highest BCUT2D eigenvalue weighted by molar-refractivity contribution is 6.35. The molecule has 0 unspecified atom stereocenters. The number of pyridine rings is 2. The predicted molar refractivity (Wildman–Crippen MR) is 169 cm³/mol. The lowest BCUT2D eigenvalue weighted by atomic mass is 9.96. The van der Waals surface area contributed by atoms with Gasteiger partial charge < -0.3 is 20.6 Å². The number of rotatable bonds is 7. The summed E-state index contributed by atoms with van der Waals surface area (Å²) in [4.78, 5) is 16.9. The number of hydrogen-bond donors (Lipinski definition) is 4. The van der Waals surface area contributed by atoms with Gasteiger partial charge in [-0.15, -0.1) is 5.53 Å². The third-order valence-electron chi connectivity index (χ3n) is 8.28. The van der Waals surface area contributed by atoms with E-state index in [9.17, 15) is 23.2 Å². The fourth-order valence-electron chi connectivity index (χ4n) is 5.63. The third-order valence-corrected chi connectivity index (χ3v) is 8.56. The van der Waals surface area contributed by atoms with Gasteiger partial charge in [0.2, 0.25) is 0 Å². The molecule has 0 amide bonds. The Labute approximate surface area is 262 Å². The summed E-state index contributed by atoms with van der Waals surface area (Å²) in [6.07, 6.45) is -1.56. The van der Waals surface area contributed by atoms with Crippen molar-refractivity contribution in [2.45, 2.75) is 51.4 Å². The van der Waals surface area contributed by atoms with Crippen LogP contribution < -0.4 is 27.2 Å². The average Bonchev–Trinajstić information content (AvgIpc) is 3.67. The van der Waals surface area contributed by atoms with Crippen LogP contribution in [-0.4, -0.2) is 32.8 Å². The molecule has 1 atom stereocenters. The Bertz CT molecular complexity index is 1950. The van der Waals surface area contributed by atoms with E-state index in [0.29, 0.717) is 56.2 Å². The first-order valence-corrected chi connectivity index (χ1v) is 14.8. The van der Waals surface area contributed by atoms with Gasteiger partial charge >= 0.3 is 6.18 Å². The predicted octanol–water partition coefficient (Wildman–Crippen LogP) is 6.48. The maximum absolute atomic E-state index is 14.0. The van der Waals surface area contributed by atoms with Crippen LogP contribution in [-0.2, 0) is 7.05 Å². The molecule has 234 valence electrons. The fourth-order valence-corrected chi connectivity index (χ4v) is 5.90. The molecule has 4 N–H and O–H groups in total. The molecule has 1 saturated carbocycles. The zero-order valence-electron chi connectivity index (χ0n) is 25.1. The summed E-state index contributed by atoms with van der Waals surface area (Å²) < 4.78 is 43.6. The van der Waals surface area contributed by atoms with Crippen LogP contribution in [0.4, 0.5) is 24.5 Å². The Balaban J connectivity index is 1.49. The van der Waals surface area contributed by atoms with Gasteiger partial charge in [0.05, 0.1) is 39.0 Å². The maximum atomic E-state index is 14.0. The molecule has 1 aliphatic carbocycles. The number of nitriles is 1. The summed E-state index contributed by atoms with van der Waals surface area (Å²) in [5.41, 5.74) is 7.21. The minimum Gasteiger partial charge on any atom is -0.383 e. The number of fused-ring (bicyclic) bond motifs is 2. The summed E-state index contributed by atoms with van der Waals surface area (Å²) in [7, 11) is 1.67. The van der Waals surface area contributed by atoms with Gasteiger partial charge in [0.1, 0.15) is 6.07 Å². The topological polar surface area (TPSA) is 110 Å². The Hall–Kier alpha value is -4.47. The molecule has 2 aliphatic rings. The van der Waals surface area contributed by atoms with Crippen molar-refractivity contribution in [3.63, 3.8) is 0 Å². The van der Waals surface area contributed by atoms with Gasteiger partial charge in [-0.05, 0) is 48.1 Å². The van der Waals surface area contributed by atoms with Crippen molar-refractivity contribution >= 4 is 44.8 Å². The zero-order valence-corrected chi connectivity index (χ0v) is 25.9. The molecular weight excluding hydrogens is 605 g/mol. The summed E-state index contributed by atoms with van der Waals surface area (Å²) in [5, 5.41) is 19.5. The van der Waals surface area contributed by atoms with E-state index in [-0.39, 0.29) is 23.8 Å². The number of benzene rings is 2. The van der Waals surface area contributed by atoms with Crippen LogP contribution in [0, 0.1) is 16.7 Å². The number of aromatic nitrogens is 2. The molecule has 2 aromatic heterocycles. The van der Waals surface area contributed by atoms with E-state index in [0.717, 1.165) is 10.4 Å². The van der Waals surface area contributed by atoms with E-state index in [1.54, 1.807) is 25.2 Å². The SMILES string of the molecule is Cn1c(=O)ccc2c([C@H](Nc3cc(Cl)c4ncc(C#N)c(NCC(C)(C)C)c4c3)C3=CN(C4(C(F)(F)F)CC4)NN3)cccc21. The number of nitrogens with one attached hydrogen (secondary N) is 4. The first kappa shape index (κ1) is 30.6. The quantitative estimate of drug-likeness (QED) is 0.182. The van der Waals surface area contributed by atoms with Crippen molar-refractivity contribution < 1.29 is 13.2 Å². The largest absolute Gasteiger partial charge is 0.413 e. The summed E-state index contributed by atoms with van der Waals surface area (Å²) in [5.74, 6) is 0. The van der Waals surface area contributed by atoms with E-state index < -0.39 is 17.8 Å². The molecule has 13 heteroatoms. The molecule has 4 aromatic rings. The van der Waals surface area contributed by atoms with Crippen LogP contribution >= 0.6 is 11.6 Å². The van der Waals surface area contributed by atoms with Gasteiger partial charge in [-0.25, -0.2) is 0 Å². The molecule has 0 bridgehead atoms. The molecule has 1 aliphatic heterocycles. The average molecular weight is 637 g/mol. The highest BCUT2D eigenvalue weighted by atomic mass is 35.5. The summed E-state index contributed by atoms with van der Waals surface area (Å²) in [6, 6.07) is 13.7. The first-order valence-electron chi connectivity index (χ1n) is 14.4. The Morgan fingerprint density at radius 1 is 1.16 bits per heavy atom. The zero-order chi connectivity index (χ0) is 32.3. The van der Waals surface area contributed by atoms with Crippen LogP contribution in [0.5, 0.6) is 0 Å². The van der Waals surface area contributed by atoms with Gasteiger partial charge in [0.15, 0.2) is 5.54 Å². The number of nitrogens with zero attached hydrogens (tertiary/aromatic N) is 4. The lowest BCUT2D eigenvalue weighted by Crippen LogP contribution is -2.52. The van der Waals surface area contributed by atoms with Crippen molar-refractivity contribution in [3.8, 4) is 6.07 Å². The van der Waals surface area contributed by atoms with Crippen LogP contribution in [0.15, 0.2) is 65.4 Å². The second-order valence-corrected chi connectivity index (χ2v) is 13.1. The van der Waals surface area contributed by atoms with Gasteiger partial charge in [0.25, 0.3) is 5.56 Å². The lowest BCUT2D eigenvalue weighted by Gasteiger charge is -2.28. The third kappa shape index (κ3) is 5.51. The molecule has 3 heterocycles. The van der Waals surface area contributed by atoms with E-state index >= 15 is 0 Å². The van der Waals surface area contributed by atoms with Crippen molar-refractivity contribution in [3.05, 3.63) is 87.1 Å². The first-order chi connectivity index (χ1) is 21.2. The molecule has 1 fully saturated rings. The molecule has 45 heavy (non-hydrogen) atoms. The van der Waals surface area contributed by atoms with Crippen LogP contribution in [0.2, 0.25) is 5.02 Å². The number of hydrogen-bond acceptors (Lipinski definition) is 8. The molecule has 2 aromatic carbocycles. The molecule has 0 spiro atoms. The van der Waals surface area contributed by atoms with Gasteiger partial charge in [-0.1, -0.05) is 44.5 Å². The number of hydrazine groups is 2. The van der Waals surface area contributed by atoms with Gasteiger partial charge in [-0.3, -0.25) is 14.8 Å². The normalized spacial score (nSPS) is 16.7. The highest BCUT2D eigenvalue weighted by Crippen LogP contribution is 2.54. The highest BCUT2D eigenvalue weighted by Gasteiger charge is 2.67. The maximum Gasteiger partial charge on any atom is 0.413 e. The lowest BCUT2D eigenvalue weighted by molar-refractivity contribution is -0.195. The van der Waals surface area contributed by atoms with E-state index in [4.69, 9.17) is 11.6 Å². The van der Waals surface area contributed by atoms with Crippen molar-refractivity contribution in [1.82, 2.24) is 25.5 Å². The van der Waals surface area contributed by atoms with Crippen molar-refractivity contribution in [2.24, 2.45) is 12.5 Å². The van der Waals surface area contributed by atoms with Gasteiger partial charge in [-0.2, -0.15) is 18.4 Å². The molecule has 0 radical (unpaired) electrons. The number of aryl methyl sites for hydroxylation is 1. The van der Waals surface area contributed by atoms with E-state index in [2.05, 4.69) is 53.4 Å². The fraction of sp³-hybridized carbons (Fsp3) is 0.344. The summed E-state index contributed by atoms with van der Waals surface area (Å²) >= 11 is 6.76. The minimum absolute atomic E-state index is 0.0255. The van der Waals surface area contributed by atoms with E-state index in [1.165, 1.54) is 23.0 Å². The Kier molecular flexibility index (Phi) is 7.37. The Morgan fingerprint density at radius 3 is 2.58 bits per heavy atom. The second kappa shape index (κ2) is 10.9. The van der Waals surface area contributed by atoms with Crippen molar-refractivity contribution in [2.75, 3.05) is 17.2 Å². The Morgan fingerprint density at radius 2 is 1.91 bits per heavy atom. The minimum atomic E-state index is -4.43. The second-order valence-electron chi connectivity index (χ2n) is 12.7. The van der Waals surface area contributed by atoms with E-state index in [1.807, 2.05) is 18.2 Å². The number of anilines is 2. The molecule has 6 rings (SSSR count). The van der Waals surface area contributed by atoms with Gasteiger partial charge in [0, 0.05) is 48.5 Å². The smallest absolute Gasteiger partial charge is 0.383 e.